The molecule has 0 unspecified atom stereocenters. The summed E-state index contributed by atoms with van der Waals surface area (Å²) in [5, 5.41) is 6.86. The molecule has 0 aliphatic heterocycles. The maximum Gasteiger partial charge on any atom is 0.145 e. The molecule has 0 aromatic heterocycles. The number of rotatable bonds is 2. The molecular formula is C7H14N2O. The molecule has 0 heterocycles. The summed E-state index contributed by atoms with van der Waals surface area (Å²) in [6.07, 6.45) is 0.0729. The van der Waals surface area contributed by atoms with E-state index in [2.05, 4.69) is 0 Å². The summed E-state index contributed by atoms with van der Waals surface area (Å²) in [6, 6.07) is 0. The fraction of sp³-hybridized carbons (Fsp3) is 0.714. The summed E-state index contributed by atoms with van der Waals surface area (Å²) in [4.78, 5) is 11.1. The Morgan fingerprint density at radius 1 is 1.50 bits per heavy atom. The van der Waals surface area contributed by atoms with E-state index in [1.165, 1.54) is 0 Å². The number of nitrogens with two attached hydrogens (primary N) is 1. The molecule has 3 N–H and O–H groups in total. The highest BCUT2D eigenvalue weighted by Crippen LogP contribution is 2.15. The highest BCUT2D eigenvalue weighted by atomic mass is 16.1. The summed E-state index contributed by atoms with van der Waals surface area (Å²) >= 11 is 0. The lowest BCUT2D eigenvalue weighted by molar-refractivity contribution is -0.125. The van der Waals surface area contributed by atoms with Crippen LogP contribution < -0.4 is 5.73 Å². The van der Waals surface area contributed by atoms with Crippen molar-refractivity contribution in [1.29, 1.82) is 5.41 Å². The molecule has 0 spiro atoms. The first-order chi connectivity index (χ1) is 4.34. The van der Waals surface area contributed by atoms with Gasteiger partial charge in [-0.2, -0.15) is 0 Å². The third-order valence-corrected chi connectivity index (χ3v) is 1.19. The molecule has 0 aliphatic rings. The quantitative estimate of drug-likeness (QED) is 0.445. The Bertz CT molecular complexity index is 155. The van der Waals surface area contributed by atoms with Gasteiger partial charge in [-0.05, 0) is 0 Å². The topological polar surface area (TPSA) is 66.9 Å². The molecule has 10 heavy (non-hydrogen) atoms. The van der Waals surface area contributed by atoms with Gasteiger partial charge in [-0.1, -0.05) is 20.8 Å². The van der Waals surface area contributed by atoms with Crippen LogP contribution in [-0.2, 0) is 4.79 Å². The van der Waals surface area contributed by atoms with Crippen molar-refractivity contribution in [2.24, 2.45) is 11.1 Å². The third kappa shape index (κ3) is 3.22. The zero-order valence-corrected chi connectivity index (χ0v) is 6.69. The molecule has 3 heteroatoms. The lowest BCUT2D eigenvalue weighted by atomic mass is 9.89. The van der Waals surface area contributed by atoms with E-state index in [1.54, 1.807) is 0 Å². The van der Waals surface area contributed by atoms with Gasteiger partial charge in [-0.25, -0.2) is 0 Å². The van der Waals surface area contributed by atoms with Gasteiger partial charge in [0.1, 0.15) is 5.78 Å². The van der Waals surface area contributed by atoms with Crippen molar-refractivity contribution in [2.45, 2.75) is 27.2 Å². The SMILES string of the molecule is CC(C)(C)C(=O)CC(=N)N. The smallest absolute Gasteiger partial charge is 0.145 e. The predicted octanol–water partition coefficient (Wildman–Crippen LogP) is 0.928. The second kappa shape index (κ2) is 2.82. The Morgan fingerprint density at radius 2 is 1.90 bits per heavy atom. The van der Waals surface area contributed by atoms with Crippen molar-refractivity contribution < 1.29 is 4.79 Å². The number of nitrogens with one attached hydrogen (secondary N) is 1. The van der Waals surface area contributed by atoms with Crippen LogP contribution in [0.3, 0.4) is 0 Å². The molecule has 0 fully saturated rings. The minimum Gasteiger partial charge on any atom is -0.387 e. The Balaban J connectivity index is 3.99. The molecule has 0 radical (unpaired) electrons. The highest BCUT2D eigenvalue weighted by Gasteiger charge is 2.20. The van der Waals surface area contributed by atoms with E-state index in [0.29, 0.717) is 0 Å². The first kappa shape index (κ1) is 9.14. The Labute approximate surface area is 61.1 Å². The molecule has 0 bridgehead atoms. The van der Waals surface area contributed by atoms with Crippen LogP contribution in [-0.4, -0.2) is 11.6 Å². The fourth-order valence-electron chi connectivity index (χ4n) is 0.438. The predicted molar refractivity (Wildman–Crippen MR) is 41.0 cm³/mol. The number of Topliss-reactive ketones (excluding diaryl/α,β-unsaturated/α-hetero) is 1. The van der Waals surface area contributed by atoms with Crippen LogP contribution >= 0.6 is 0 Å². The van der Waals surface area contributed by atoms with E-state index in [1.807, 2.05) is 20.8 Å². The van der Waals surface area contributed by atoms with E-state index >= 15 is 0 Å². The number of hydrogen-bond acceptors (Lipinski definition) is 2. The van der Waals surface area contributed by atoms with Crippen LogP contribution in [0.1, 0.15) is 27.2 Å². The Morgan fingerprint density at radius 3 is 2.00 bits per heavy atom. The lowest BCUT2D eigenvalue weighted by Crippen LogP contribution is -2.25. The molecular weight excluding hydrogens is 128 g/mol. The van der Waals surface area contributed by atoms with Crippen molar-refractivity contribution in [1.82, 2.24) is 0 Å². The minimum atomic E-state index is -0.369. The fourth-order valence-corrected chi connectivity index (χ4v) is 0.438. The summed E-state index contributed by atoms with van der Waals surface area (Å²) in [5.41, 5.74) is 4.68. The molecule has 0 saturated heterocycles. The number of carbonyl (C=O) groups excluding carboxylic acids is 1. The van der Waals surface area contributed by atoms with Crippen molar-refractivity contribution in [3.63, 3.8) is 0 Å². The van der Waals surface area contributed by atoms with Crippen LogP contribution in [0, 0.1) is 10.8 Å². The van der Waals surface area contributed by atoms with Crippen LogP contribution in [0.2, 0.25) is 0 Å². The van der Waals surface area contributed by atoms with Crippen LogP contribution in [0.5, 0.6) is 0 Å². The molecule has 3 nitrogen and oxygen atoms in total. The van der Waals surface area contributed by atoms with Gasteiger partial charge in [0, 0.05) is 5.41 Å². The maximum absolute atomic E-state index is 11.1. The van der Waals surface area contributed by atoms with E-state index in [-0.39, 0.29) is 23.5 Å². The van der Waals surface area contributed by atoms with Gasteiger partial charge < -0.3 is 5.73 Å². The summed E-state index contributed by atoms with van der Waals surface area (Å²) in [5.74, 6) is -0.0417. The second-order valence-electron chi connectivity index (χ2n) is 3.38. The van der Waals surface area contributed by atoms with E-state index in [0.717, 1.165) is 0 Å². The number of amidine groups is 1. The van der Waals surface area contributed by atoms with Crippen molar-refractivity contribution in [3.05, 3.63) is 0 Å². The second-order valence-corrected chi connectivity index (χ2v) is 3.38. The summed E-state index contributed by atoms with van der Waals surface area (Å²) in [7, 11) is 0. The van der Waals surface area contributed by atoms with Crippen molar-refractivity contribution in [3.8, 4) is 0 Å². The van der Waals surface area contributed by atoms with Crippen molar-refractivity contribution in [2.75, 3.05) is 0 Å². The zero-order chi connectivity index (χ0) is 8.36. The van der Waals surface area contributed by atoms with E-state index in [4.69, 9.17) is 11.1 Å². The minimum absolute atomic E-state index is 0.0139. The lowest BCUT2D eigenvalue weighted by Gasteiger charge is -2.15. The maximum atomic E-state index is 11.1. The molecule has 0 aromatic carbocycles. The number of hydrogen-bond donors (Lipinski definition) is 2. The Hall–Kier alpha value is -0.860. The van der Waals surface area contributed by atoms with Gasteiger partial charge in [-0.3, -0.25) is 10.2 Å². The molecule has 0 saturated carbocycles. The van der Waals surface area contributed by atoms with Crippen LogP contribution in [0.4, 0.5) is 0 Å². The summed E-state index contributed by atoms with van der Waals surface area (Å²) < 4.78 is 0. The molecule has 0 aliphatic carbocycles. The average molecular weight is 142 g/mol. The van der Waals surface area contributed by atoms with Gasteiger partial charge in [-0.15, -0.1) is 0 Å². The molecule has 0 atom stereocenters. The summed E-state index contributed by atoms with van der Waals surface area (Å²) in [6.45, 7) is 5.45. The van der Waals surface area contributed by atoms with E-state index < -0.39 is 0 Å². The number of ketones is 1. The van der Waals surface area contributed by atoms with Gasteiger partial charge in [0.15, 0.2) is 0 Å². The van der Waals surface area contributed by atoms with Gasteiger partial charge >= 0.3 is 0 Å². The largest absolute Gasteiger partial charge is 0.387 e. The normalized spacial score (nSPS) is 11.1. The first-order valence-electron chi connectivity index (χ1n) is 3.20. The molecule has 58 valence electrons. The zero-order valence-electron chi connectivity index (χ0n) is 6.69. The molecule has 0 amide bonds. The highest BCUT2D eigenvalue weighted by molar-refractivity contribution is 6.00. The monoisotopic (exact) mass is 142 g/mol. The van der Waals surface area contributed by atoms with Crippen LogP contribution in [0.25, 0.3) is 0 Å². The van der Waals surface area contributed by atoms with E-state index in [9.17, 15) is 4.79 Å². The first-order valence-corrected chi connectivity index (χ1v) is 3.20. The van der Waals surface area contributed by atoms with Crippen LogP contribution in [0.15, 0.2) is 0 Å². The van der Waals surface area contributed by atoms with Crippen molar-refractivity contribution >= 4 is 11.6 Å². The average Bonchev–Trinajstić information content (AvgIpc) is 1.60. The third-order valence-electron chi connectivity index (χ3n) is 1.19. The van der Waals surface area contributed by atoms with Gasteiger partial charge in [0.05, 0.1) is 12.3 Å². The molecule has 0 aromatic rings. The van der Waals surface area contributed by atoms with Gasteiger partial charge in [0.2, 0.25) is 0 Å². The van der Waals surface area contributed by atoms with Gasteiger partial charge in [0.25, 0.3) is 0 Å². The Kier molecular flexibility index (Phi) is 2.57. The molecule has 0 rings (SSSR count). The standard InChI is InChI=1S/C7H14N2O/c1-7(2,3)5(10)4-6(8)9/h4H2,1-3H3,(H3,8,9). The number of carbonyl (C=O) groups is 1.